The van der Waals surface area contributed by atoms with Crippen LogP contribution in [-0.4, -0.2) is 52.8 Å². The predicted octanol–water partition coefficient (Wildman–Crippen LogP) is 4.81. The normalized spacial score (nSPS) is 23.1. The Morgan fingerprint density at radius 1 is 1.12 bits per heavy atom. The van der Waals surface area contributed by atoms with Crippen molar-refractivity contribution in [2.45, 2.75) is 89.4 Å². The third kappa shape index (κ3) is 6.02. The van der Waals surface area contributed by atoms with E-state index in [0.717, 1.165) is 12.0 Å². The van der Waals surface area contributed by atoms with Crippen molar-refractivity contribution in [1.82, 2.24) is 4.90 Å². The Kier molecular flexibility index (Phi) is 7.36. The summed E-state index contributed by atoms with van der Waals surface area (Å²) < 4.78 is 39.1. The maximum absolute atomic E-state index is 14.0. The third-order valence-corrected chi connectivity index (χ3v) is 6.48. The van der Waals surface area contributed by atoms with E-state index < -0.39 is 47.6 Å². The molecule has 0 aromatic heterocycles. The molecule has 6 nitrogen and oxygen atoms in total. The third-order valence-electron chi connectivity index (χ3n) is 6.48. The zero-order valence-corrected chi connectivity index (χ0v) is 19.9. The lowest BCUT2D eigenvalue weighted by atomic mass is 9.79. The number of aliphatic hydroxyl groups is 1. The van der Waals surface area contributed by atoms with Crippen molar-refractivity contribution in [3.05, 3.63) is 35.4 Å². The molecule has 1 aliphatic carbocycles. The van der Waals surface area contributed by atoms with Gasteiger partial charge in [-0.05, 0) is 44.7 Å². The first-order valence-electron chi connectivity index (χ1n) is 11.7. The van der Waals surface area contributed by atoms with E-state index >= 15 is 0 Å². The Morgan fingerprint density at radius 3 is 2.21 bits per heavy atom. The summed E-state index contributed by atoms with van der Waals surface area (Å²) in [6.07, 6.45) is -0.285. The van der Waals surface area contributed by atoms with Gasteiger partial charge in [0.25, 0.3) is 0 Å². The van der Waals surface area contributed by atoms with Gasteiger partial charge in [0.2, 0.25) is 5.92 Å². The zero-order valence-electron chi connectivity index (χ0n) is 19.9. The molecule has 33 heavy (non-hydrogen) atoms. The van der Waals surface area contributed by atoms with Crippen LogP contribution in [0, 0.1) is 5.92 Å². The minimum Gasteiger partial charge on any atom is -0.460 e. The van der Waals surface area contributed by atoms with E-state index in [4.69, 9.17) is 9.47 Å². The van der Waals surface area contributed by atoms with Crippen molar-refractivity contribution in [2.75, 3.05) is 13.1 Å². The number of amides is 1. The molecular formula is C25H35F2NO5. The number of benzene rings is 1. The molecule has 1 saturated heterocycles. The molecule has 2 fully saturated rings. The largest absolute Gasteiger partial charge is 0.460 e. The second-order valence-electron chi connectivity index (χ2n) is 10.2. The summed E-state index contributed by atoms with van der Waals surface area (Å²) in [7, 11) is 0. The smallest absolute Gasteiger partial charge is 0.410 e. The minimum atomic E-state index is -2.92. The van der Waals surface area contributed by atoms with Crippen LogP contribution in [-0.2, 0) is 26.3 Å². The number of halogens is 2. The number of hydrogen-bond acceptors (Lipinski definition) is 5. The van der Waals surface area contributed by atoms with Gasteiger partial charge in [0.05, 0.1) is 0 Å². The molecule has 2 unspecified atom stereocenters. The molecule has 0 spiro atoms. The summed E-state index contributed by atoms with van der Waals surface area (Å²) in [5, 5.41) is 11.6. The van der Waals surface area contributed by atoms with Crippen LogP contribution >= 0.6 is 0 Å². The Hall–Kier alpha value is -2.22. The van der Waals surface area contributed by atoms with E-state index in [0.29, 0.717) is 25.9 Å². The van der Waals surface area contributed by atoms with Crippen LogP contribution in [0.2, 0.25) is 0 Å². The van der Waals surface area contributed by atoms with Gasteiger partial charge in [0.15, 0.2) is 5.60 Å². The molecule has 1 aromatic carbocycles. The number of carbonyl (C=O) groups excluding carboxylic acids is 2. The molecule has 184 valence electrons. The second-order valence-corrected chi connectivity index (χ2v) is 10.2. The average molecular weight is 468 g/mol. The standard InChI is InChI=1S/C25H35F2NO5/c1-5-17-6-8-18(9-7-17)25(31,19-10-13-24(26,27)16-19)21(29)32-20-11-14-28(15-12-20)22(30)33-23(2,3)4/h6-9,19-20,31H,5,10-16H2,1-4H3. The highest BCUT2D eigenvalue weighted by Gasteiger charge is 2.55. The van der Waals surface area contributed by atoms with Gasteiger partial charge in [-0.1, -0.05) is 31.2 Å². The lowest BCUT2D eigenvalue weighted by Crippen LogP contribution is -2.48. The van der Waals surface area contributed by atoms with Crippen LogP contribution < -0.4 is 0 Å². The van der Waals surface area contributed by atoms with Gasteiger partial charge < -0.3 is 19.5 Å². The summed E-state index contributed by atoms with van der Waals surface area (Å²) in [6, 6.07) is 6.84. The fourth-order valence-electron chi connectivity index (χ4n) is 4.55. The van der Waals surface area contributed by atoms with Crippen molar-refractivity contribution in [3.8, 4) is 0 Å². The zero-order chi connectivity index (χ0) is 24.4. The van der Waals surface area contributed by atoms with Crippen molar-refractivity contribution in [1.29, 1.82) is 0 Å². The molecule has 1 amide bonds. The van der Waals surface area contributed by atoms with Crippen molar-refractivity contribution in [3.63, 3.8) is 0 Å². The SMILES string of the molecule is CCc1ccc(C(O)(C(=O)OC2CCN(C(=O)OC(C)(C)C)CC2)C2CCC(F)(F)C2)cc1. The Balaban J connectivity index is 1.71. The molecule has 1 N–H and O–H groups in total. The molecule has 0 bridgehead atoms. The van der Waals surface area contributed by atoms with Gasteiger partial charge in [-0.25, -0.2) is 18.4 Å². The van der Waals surface area contributed by atoms with Crippen LogP contribution in [0.5, 0.6) is 0 Å². The van der Waals surface area contributed by atoms with Crippen LogP contribution in [0.4, 0.5) is 13.6 Å². The Morgan fingerprint density at radius 2 is 1.73 bits per heavy atom. The summed E-state index contributed by atoms with van der Waals surface area (Å²) >= 11 is 0. The first kappa shape index (κ1) is 25.4. The number of rotatable bonds is 5. The highest BCUT2D eigenvalue weighted by atomic mass is 19.3. The number of aryl methyl sites for hydroxylation is 1. The Labute approximate surface area is 194 Å². The van der Waals surface area contributed by atoms with E-state index in [1.807, 2.05) is 6.92 Å². The van der Waals surface area contributed by atoms with Gasteiger partial charge in [-0.15, -0.1) is 0 Å². The summed E-state index contributed by atoms with van der Waals surface area (Å²) in [6.45, 7) is 8.05. The van der Waals surface area contributed by atoms with E-state index in [9.17, 15) is 23.5 Å². The maximum atomic E-state index is 14.0. The molecule has 1 aliphatic heterocycles. The lowest BCUT2D eigenvalue weighted by Gasteiger charge is -2.36. The van der Waals surface area contributed by atoms with Crippen LogP contribution in [0.3, 0.4) is 0 Å². The topological polar surface area (TPSA) is 76.1 Å². The monoisotopic (exact) mass is 467 g/mol. The van der Waals surface area contributed by atoms with E-state index in [-0.39, 0.29) is 18.4 Å². The molecule has 1 heterocycles. The predicted molar refractivity (Wildman–Crippen MR) is 119 cm³/mol. The van der Waals surface area contributed by atoms with Gasteiger partial charge in [0.1, 0.15) is 11.7 Å². The van der Waals surface area contributed by atoms with Gasteiger partial charge >= 0.3 is 12.1 Å². The van der Waals surface area contributed by atoms with Crippen molar-refractivity contribution < 1.29 is 33.0 Å². The fraction of sp³-hybridized carbons (Fsp3) is 0.680. The number of likely N-dealkylation sites (tertiary alicyclic amines) is 1. The van der Waals surface area contributed by atoms with Crippen LogP contribution in [0.25, 0.3) is 0 Å². The van der Waals surface area contributed by atoms with Gasteiger partial charge in [-0.2, -0.15) is 0 Å². The van der Waals surface area contributed by atoms with Gasteiger partial charge in [-0.3, -0.25) is 0 Å². The van der Waals surface area contributed by atoms with Crippen LogP contribution in [0.1, 0.15) is 70.9 Å². The first-order valence-corrected chi connectivity index (χ1v) is 11.7. The van der Waals surface area contributed by atoms with Crippen LogP contribution in [0.15, 0.2) is 24.3 Å². The number of carbonyl (C=O) groups is 2. The maximum Gasteiger partial charge on any atom is 0.410 e. The van der Waals surface area contributed by atoms with Crippen molar-refractivity contribution in [2.24, 2.45) is 5.92 Å². The van der Waals surface area contributed by atoms with E-state index in [1.165, 1.54) is 0 Å². The molecule has 0 radical (unpaired) electrons. The number of ether oxygens (including phenoxy) is 2. The molecule has 8 heteroatoms. The first-order chi connectivity index (χ1) is 15.3. The lowest BCUT2D eigenvalue weighted by molar-refractivity contribution is -0.182. The summed E-state index contributed by atoms with van der Waals surface area (Å²) in [5.41, 5.74) is -1.46. The fourth-order valence-corrected chi connectivity index (χ4v) is 4.55. The summed E-state index contributed by atoms with van der Waals surface area (Å²) in [4.78, 5) is 27.1. The van der Waals surface area contributed by atoms with E-state index in [1.54, 1.807) is 49.9 Å². The highest BCUT2D eigenvalue weighted by molar-refractivity contribution is 5.82. The Bertz CT molecular complexity index is 843. The molecule has 1 aromatic rings. The number of alkyl halides is 2. The average Bonchev–Trinajstić information content (AvgIpc) is 3.12. The van der Waals surface area contributed by atoms with Crippen molar-refractivity contribution >= 4 is 12.1 Å². The quantitative estimate of drug-likeness (QED) is 0.629. The highest BCUT2D eigenvalue weighted by Crippen LogP contribution is 2.48. The molecule has 1 saturated carbocycles. The van der Waals surface area contributed by atoms with Gasteiger partial charge in [0, 0.05) is 44.7 Å². The molecular weight excluding hydrogens is 432 g/mol. The minimum absolute atomic E-state index is 0.0330. The number of esters is 1. The summed E-state index contributed by atoms with van der Waals surface area (Å²) in [5.74, 6) is -4.75. The number of nitrogens with zero attached hydrogens (tertiary/aromatic N) is 1. The second kappa shape index (κ2) is 9.57. The number of hydrogen-bond donors (Lipinski definition) is 1. The van der Waals surface area contributed by atoms with E-state index in [2.05, 4.69) is 0 Å². The molecule has 2 aliphatic rings. The molecule has 2 atom stereocenters. The number of piperidine rings is 1. The molecule has 3 rings (SSSR count).